The topological polar surface area (TPSA) is 64.2 Å². The van der Waals surface area contributed by atoms with Crippen molar-refractivity contribution in [2.24, 2.45) is 5.73 Å². The molecule has 0 saturated heterocycles. The highest BCUT2D eigenvalue weighted by atomic mass is 16.2. The van der Waals surface area contributed by atoms with Crippen LogP contribution in [0.2, 0.25) is 0 Å². The fourth-order valence-electron chi connectivity index (χ4n) is 0.878. The average molecular weight is 182 g/mol. The summed E-state index contributed by atoms with van der Waals surface area (Å²) in [5.41, 5.74) is 6.34. The number of hydrogen-bond donors (Lipinski definition) is 1. The van der Waals surface area contributed by atoms with Gasteiger partial charge in [0.1, 0.15) is 6.54 Å². The third-order valence-corrected chi connectivity index (χ3v) is 1.72. The summed E-state index contributed by atoms with van der Waals surface area (Å²) in [4.78, 5) is 12.8. The van der Waals surface area contributed by atoms with Crippen LogP contribution >= 0.6 is 0 Å². The largest absolute Gasteiger partial charge is 0.347 e. The van der Waals surface area contributed by atoms with Gasteiger partial charge in [-0.05, 0) is 0 Å². The molecule has 0 radical (unpaired) electrons. The van der Waals surface area contributed by atoms with Gasteiger partial charge in [0.25, 0.3) is 0 Å². The first-order valence-electron chi connectivity index (χ1n) is 4.05. The Labute approximate surface area is 77.1 Å². The van der Waals surface area contributed by atoms with E-state index < -0.39 is 0 Å². The van der Waals surface area contributed by atoms with Gasteiger partial charge < -0.3 is 10.6 Å². The number of carbonyl (C=O) groups is 1. The van der Waals surface area contributed by atoms with Crippen molar-refractivity contribution >= 4 is 5.91 Å². The molecule has 0 fully saturated rings. The zero-order chi connectivity index (χ0) is 9.84. The van der Waals surface area contributed by atoms with Gasteiger partial charge in [-0.1, -0.05) is 0 Å². The third kappa shape index (κ3) is 2.55. The van der Waals surface area contributed by atoms with Crippen LogP contribution in [0.4, 0.5) is 0 Å². The maximum atomic E-state index is 11.2. The number of nitrogens with two attached hydrogens (primary N) is 1. The quantitative estimate of drug-likeness (QED) is 0.681. The van der Waals surface area contributed by atoms with E-state index >= 15 is 0 Å². The molecule has 1 aromatic rings. The van der Waals surface area contributed by atoms with E-state index in [0.717, 1.165) is 5.56 Å². The van der Waals surface area contributed by atoms with Crippen LogP contribution in [0, 0.1) is 0 Å². The summed E-state index contributed by atoms with van der Waals surface area (Å²) < 4.78 is 1.59. The molecule has 0 saturated carbocycles. The lowest BCUT2D eigenvalue weighted by Crippen LogP contribution is -2.26. The first-order chi connectivity index (χ1) is 6.13. The highest BCUT2D eigenvalue weighted by Gasteiger charge is 2.05. The highest BCUT2D eigenvalue weighted by molar-refractivity contribution is 5.75. The minimum absolute atomic E-state index is 0.0201. The molecule has 13 heavy (non-hydrogen) atoms. The molecule has 1 heterocycles. The Kier molecular flexibility index (Phi) is 3.02. The van der Waals surface area contributed by atoms with E-state index in [1.54, 1.807) is 31.2 Å². The van der Waals surface area contributed by atoms with E-state index in [-0.39, 0.29) is 12.5 Å². The van der Waals surface area contributed by atoms with Crippen LogP contribution in [0.1, 0.15) is 5.56 Å². The van der Waals surface area contributed by atoms with Crippen LogP contribution in [-0.4, -0.2) is 34.7 Å². The lowest BCUT2D eigenvalue weighted by atomic mass is 10.4. The molecule has 0 spiro atoms. The van der Waals surface area contributed by atoms with Crippen molar-refractivity contribution in [2.45, 2.75) is 13.1 Å². The monoisotopic (exact) mass is 182 g/mol. The standard InChI is InChI=1S/C8H14N4O/c1-11(2)8(13)6-12-5-7(3-9)4-10-12/h4-5H,3,6,9H2,1-2H3. The average Bonchev–Trinajstić information content (AvgIpc) is 2.52. The molecular weight excluding hydrogens is 168 g/mol. The van der Waals surface area contributed by atoms with Crippen LogP contribution in [-0.2, 0) is 17.9 Å². The molecule has 0 atom stereocenters. The van der Waals surface area contributed by atoms with Gasteiger partial charge >= 0.3 is 0 Å². The SMILES string of the molecule is CN(C)C(=O)Cn1cc(CN)cn1. The molecule has 1 amide bonds. The summed E-state index contributed by atoms with van der Waals surface area (Å²) in [5, 5.41) is 4.00. The van der Waals surface area contributed by atoms with E-state index in [9.17, 15) is 4.79 Å². The lowest BCUT2D eigenvalue weighted by Gasteiger charge is -2.09. The number of rotatable bonds is 3. The van der Waals surface area contributed by atoms with Crippen molar-refractivity contribution in [1.29, 1.82) is 0 Å². The summed E-state index contributed by atoms with van der Waals surface area (Å²) in [6.07, 6.45) is 3.45. The molecular formula is C8H14N4O. The van der Waals surface area contributed by atoms with Crippen LogP contribution in [0.3, 0.4) is 0 Å². The van der Waals surface area contributed by atoms with Crippen LogP contribution in [0.25, 0.3) is 0 Å². The Morgan fingerprint density at radius 2 is 2.38 bits per heavy atom. The van der Waals surface area contributed by atoms with E-state index in [0.29, 0.717) is 6.54 Å². The molecule has 0 bridgehead atoms. The number of aromatic nitrogens is 2. The van der Waals surface area contributed by atoms with Gasteiger partial charge in [0.15, 0.2) is 0 Å². The first kappa shape index (κ1) is 9.73. The molecule has 72 valence electrons. The molecule has 2 N–H and O–H groups in total. The van der Waals surface area contributed by atoms with E-state index in [4.69, 9.17) is 5.73 Å². The van der Waals surface area contributed by atoms with Crippen LogP contribution in [0.15, 0.2) is 12.4 Å². The molecule has 5 nitrogen and oxygen atoms in total. The summed E-state index contributed by atoms with van der Waals surface area (Å²) in [7, 11) is 3.44. The Morgan fingerprint density at radius 3 is 2.85 bits per heavy atom. The van der Waals surface area contributed by atoms with Gasteiger partial charge in [0, 0.05) is 32.4 Å². The third-order valence-electron chi connectivity index (χ3n) is 1.72. The van der Waals surface area contributed by atoms with Gasteiger partial charge in [-0.25, -0.2) is 0 Å². The second-order valence-electron chi connectivity index (χ2n) is 3.04. The number of hydrogen-bond acceptors (Lipinski definition) is 3. The Morgan fingerprint density at radius 1 is 1.69 bits per heavy atom. The molecule has 5 heteroatoms. The van der Waals surface area contributed by atoms with E-state index in [2.05, 4.69) is 5.10 Å². The molecule has 1 aromatic heterocycles. The maximum Gasteiger partial charge on any atom is 0.243 e. The molecule has 0 aliphatic carbocycles. The zero-order valence-electron chi connectivity index (χ0n) is 7.90. The van der Waals surface area contributed by atoms with Crippen molar-refractivity contribution in [3.63, 3.8) is 0 Å². The van der Waals surface area contributed by atoms with Gasteiger partial charge in [0.05, 0.1) is 6.20 Å². The lowest BCUT2D eigenvalue weighted by molar-refractivity contribution is -0.129. The van der Waals surface area contributed by atoms with E-state index in [1.807, 2.05) is 0 Å². The minimum atomic E-state index is 0.0201. The first-order valence-corrected chi connectivity index (χ1v) is 4.05. The molecule has 0 aliphatic heterocycles. The number of nitrogens with zero attached hydrogens (tertiary/aromatic N) is 3. The Bertz CT molecular complexity index is 292. The minimum Gasteiger partial charge on any atom is -0.347 e. The van der Waals surface area contributed by atoms with Gasteiger partial charge in [-0.15, -0.1) is 0 Å². The fraction of sp³-hybridized carbons (Fsp3) is 0.500. The van der Waals surface area contributed by atoms with Crippen LogP contribution < -0.4 is 5.73 Å². The number of carbonyl (C=O) groups excluding carboxylic acids is 1. The van der Waals surface area contributed by atoms with Crippen LogP contribution in [0.5, 0.6) is 0 Å². The van der Waals surface area contributed by atoms with Gasteiger partial charge in [0.2, 0.25) is 5.91 Å². The molecule has 0 unspecified atom stereocenters. The summed E-state index contributed by atoms with van der Waals surface area (Å²) in [5.74, 6) is 0.0201. The predicted molar refractivity (Wildman–Crippen MR) is 48.8 cm³/mol. The van der Waals surface area contributed by atoms with Crippen molar-refractivity contribution in [1.82, 2.24) is 14.7 Å². The normalized spacial score (nSPS) is 10.1. The molecule has 0 aliphatic rings. The summed E-state index contributed by atoms with van der Waals surface area (Å²) in [6.45, 7) is 0.725. The van der Waals surface area contributed by atoms with Gasteiger partial charge in [-0.3, -0.25) is 9.48 Å². The number of likely N-dealkylation sites (N-methyl/N-ethyl adjacent to an activating group) is 1. The van der Waals surface area contributed by atoms with Crippen molar-refractivity contribution in [3.05, 3.63) is 18.0 Å². The number of amides is 1. The smallest absolute Gasteiger partial charge is 0.243 e. The van der Waals surface area contributed by atoms with Crippen molar-refractivity contribution in [3.8, 4) is 0 Å². The fourth-order valence-corrected chi connectivity index (χ4v) is 0.878. The predicted octanol–water partition coefficient (Wildman–Crippen LogP) is -0.570. The molecule has 1 rings (SSSR count). The van der Waals surface area contributed by atoms with Gasteiger partial charge in [-0.2, -0.15) is 5.10 Å². The second kappa shape index (κ2) is 4.04. The summed E-state index contributed by atoms with van der Waals surface area (Å²) in [6, 6.07) is 0. The Balaban J connectivity index is 2.59. The Hall–Kier alpha value is -1.36. The molecule has 0 aromatic carbocycles. The van der Waals surface area contributed by atoms with Crippen molar-refractivity contribution in [2.75, 3.05) is 14.1 Å². The maximum absolute atomic E-state index is 11.2. The van der Waals surface area contributed by atoms with Crippen molar-refractivity contribution < 1.29 is 4.79 Å². The van der Waals surface area contributed by atoms with E-state index in [1.165, 1.54) is 4.90 Å². The highest BCUT2D eigenvalue weighted by Crippen LogP contribution is 1.96. The second-order valence-corrected chi connectivity index (χ2v) is 3.04. The zero-order valence-corrected chi connectivity index (χ0v) is 7.90. The summed E-state index contributed by atoms with van der Waals surface area (Å²) >= 11 is 0.